The number of carbonyl (C=O) groups is 1. The topological polar surface area (TPSA) is 85.4 Å². The normalized spacial score (nSPS) is 10.3. The summed E-state index contributed by atoms with van der Waals surface area (Å²) in [6, 6.07) is 7.78. The standard InChI is InChI=1S/C13H11BrN2O4/c1-8-2-4-10(20-8)7-15-13(17)9-3-5-11(14)12(6-9)16(18)19/h2-6H,7H2,1H3,(H,15,17). The summed E-state index contributed by atoms with van der Waals surface area (Å²) >= 11 is 3.07. The molecule has 1 heterocycles. The van der Waals surface area contributed by atoms with Crippen LogP contribution >= 0.6 is 15.9 Å². The van der Waals surface area contributed by atoms with Crippen LogP contribution in [0.25, 0.3) is 0 Å². The molecule has 1 N–H and O–H groups in total. The molecule has 1 aromatic carbocycles. The average molecular weight is 339 g/mol. The highest BCUT2D eigenvalue weighted by molar-refractivity contribution is 9.10. The van der Waals surface area contributed by atoms with Crippen LogP contribution in [0, 0.1) is 17.0 Å². The monoisotopic (exact) mass is 338 g/mol. The summed E-state index contributed by atoms with van der Waals surface area (Å²) in [6.07, 6.45) is 0. The highest BCUT2D eigenvalue weighted by Gasteiger charge is 2.16. The second-order valence-electron chi connectivity index (χ2n) is 4.12. The first-order valence-electron chi connectivity index (χ1n) is 5.75. The second kappa shape index (κ2) is 5.87. The summed E-state index contributed by atoms with van der Waals surface area (Å²) < 4.78 is 5.65. The van der Waals surface area contributed by atoms with Gasteiger partial charge in [-0.1, -0.05) is 0 Å². The molecule has 0 atom stereocenters. The lowest BCUT2D eigenvalue weighted by molar-refractivity contribution is -0.385. The quantitative estimate of drug-likeness (QED) is 0.685. The van der Waals surface area contributed by atoms with Crippen molar-refractivity contribution in [3.05, 3.63) is 62.0 Å². The molecule has 0 aliphatic rings. The van der Waals surface area contributed by atoms with Crippen LogP contribution in [0.1, 0.15) is 21.9 Å². The molecule has 1 aromatic heterocycles. The summed E-state index contributed by atoms with van der Waals surface area (Å²) in [6.45, 7) is 2.04. The van der Waals surface area contributed by atoms with E-state index in [-0.39, 0.29) is 17.8 Å². The number of hydrogen-bond donors (Lipinski definition) is 1. The second-order valence-corrected chi connectivity index (χ2v) is 4.97. The van der Waals surface area contributed by atoms with Gasteiger partial charge in [-0.25, -0.2) is 0 Å². The van der Waals surface area contributed by atoms with Crippen molar-refractivity contribution in [3.63, 3.8) is 0 Å². The summed E-state index contributed by atoms with van der Waals surface area (Å²) in [7, 11) is 0. The first kappa shape index (κ1) is 14.3. The largest absolute Gasteiger partial charge is 0.465 e. The fourth-order valence-corrected chi connectivity index (χ4v) is 2.03. The third-order valence-corrected chi connectivity index (χ3v) is 3.29. The maximum atomic E-state index is 11.9. The predicted molar refractivity (Wildman–Crippen MR) is 75.4 cm³/mol. The third kappa shape index (κ3) is 3.24. The Morgan fingerprint density at radius 1 is 1.40 bits per heavy atom. The zero-order chi connectivity index (χ0) is 14.7. The van der Waals surface area contributed by atoms with E-state index in [1.165, 1.54) is 18.2 Å². The summed E-state index contributed by atoms with van der Waals surface area (Å²) in [5.41, 5.74) is 0.0784. The molecular weight excluding hydrogens is 328 g/mol. The highest BCUT2D eigenvalue weighted by atomic mass is 79.9. The van der Waals surface area contributed by atoms with Gasteiger partial charge in [-0.05, 0) is 47.1 Å². The van der Waals surface area contributed by atoms with Gasteiger partial charge in [0.2, 0.25) is 0 Å². The number of nitro groups is 1. The van der Waals surface area contributed by atoms with E-state index in [0.717, 1.165) is 5.76 Å². The molecule has 0 aliphatic heterocycles. The SMILES string of the molecule is Cc1ccc(CNC(=O)c2ccc(Br)c([N+](=O)[O-])c2)o1. The van der Waals surface area contributed by atoms with Crippen LogP contribution in [0.4, 0.5) is 5.69 Å². The summed E-state index contributed by atoms with van der Waals surface area (Å²) in [5.74, 6) is 0.991. The number of carbonyl (C=O) groups excluding carboxylic acids is 1. The lowest BCUT2D eigenvalue weighted by atomic mass is 10.2. The zero-order valence-electron chi connectivity index (χ0n) is 10.6. The van der Waals surface area contributed by atoms with Gasteiger partial charge >= 0.3 is 0 Å². The van der Waals surface area contributed by atoms with Crippen molar-refractivity contribution in [2.45, 2.75) is 13.5 Å². The Morgan fingerprint density at radius 3 is 2.75 bits per heavy atom. The maximum Gasteiger partial charge on any atom is 0.284 e. The van der Waals surface area contributed by atoms with Crippen molar-refractivity contribution in [2.24, 2.45) is 0 Å². The molecule has 0 spiro atoms. The number of halogens is 1. The number of nitrogens with zero attached hydrogens (tertiary/aromatic N) is 1. The van der Waals surface area contributed by atoms with Gasteiger partial charge in [0.1, 0.15) is 11.5 Å². The van der Waals surface area contributed by atoms with Crippen LogP contribution in [-0.2, 0) is 6.54 Å². The number of hydrogen-bond acceptors (Lipinski definition) is 4. The number of rotatable bonds is 4. The first-order chi connectivity index (χ1) is 9.47. The molecule has 6 nitrogen and oxygen atoms in total. The van der Waals surface area contributed by atoms with Crippen LogP contribution in [0.5, 0.6) is 0 Å². The van der Waals surface area contributed by atoms with Crippen molar-refractivity contribution in [1.29, 1.82) is 0 Å². The van der Waals surface area contributed by atoms with Crippen molar-refractivity contribution in [2.75, 3.05) is 0 Å². The van der Waals surface area contributed by atoms with Crippen molar-refractivity contribution in [1.82, 2.24) is 5.32 Å². The van der Waals surface area contributed by atoms with E-state index in [1.807, 2.05) is 6.92 Å². The number of benzene rings is 1. The van der Waals surface area contributed by atoms with Gasteiger partial charge in [0, 0.05) is 11.6 Å². The van der Waals surface area contributed by atoms with E-state index < -0.39 is 10.8 Å². The number of nitro benzene ring substituents is 1. The lowest BCUT2D eigenvalue weighted by Crippen LogP contribution is -2.22. The lowest BCUT2D eigenvalue weighted by Gasteiger charge is -2.04. The van der Waals surface area contributed by atoms with Crippen LogP contribution in [0.3, 0.4) is 0 Å². The highest BCUT2D eigenvalue weighted by Crippen LogP contribution is 2.25. The van der Waals surface area contributed by atoms with Gasteiger partial charge < -0.3 is 9.73 Å². The zero-order valence-corrected chi connectivity index (χ0v) is 12.1. The number of nitrogens with one attached hydrogen (secondary N) is 1. The van der Waals surface area contributed by atoms with Crippen LogP contribution in [0.15, 0.2) is 39.2 Å². The van der Waals surface area contributed by atoms with Gasteiger partial charge in [0.15, 0.2) is 0 Å². The van der Waals surface area contributed by atoms with Crippen LogP contribution in [0.2, 0.25) is 0 Å². The van der Waals surface area contributed by atoms with Gasteiger partial charge in [0.05, 0.1) is 15.9 Å². The maximum absolute atomic E-state index is 11.9. The van der Waals surface area contributed by atoms with Crippen LogP contribution in [-0.4, -0.2) is 10.8 Å². The summed E-state index contributed by atoms with van der Waals surface area (Å²) in [5, 5.41) is 13.5. The fraction of sp³-hybridized carbons (Fsp3) is 0.154. The van der Waals surface area contributed by atoms with Gasteiger partial charge in [-0.15, -0.1) is 0 Å². The Bertz CT molecular complexity index is 666. The molecule has 0 radical (unpaired) electrons. The molecule has 0 fully saturated rings. The first-order valence-corrected chi connectivity index (χ1v) is 6.54. The Morgan fingerprint density at radius 2 is 2.15 bits per heavy atom. The molecule has 104 valence electrons. The molecule has 0 saturated heterocycles. The van der Waals surface area contributed by atoms with Crippen LogP contribution < -0.4 is 5.32 Å². The molecular formula is C13H11BrN2O4. The Hall–Kier alpha value is -2.15. The van der Waals surface area contributed by atoms with E-state index in [4.69, 9.17) is 4.42 Å². The Balaban J connectivity index is 2.09. The van der Waals surface area contributed by atoms with E-state index in [0.29, 0.717) is 10.2 Å². The van der Waals surface area contributed by atoms with Crippen molar-refractivity contribution in [3.8, 4) is 0 Å². The number of aryl methyl sites for hydroxylation is 1. The molecule has 2 aromatic rings. The van der Waals surface area contributed by atoms with E-state index in [2.05, 4.69) is 21.2 Å². The molecule has 0 bridgehead atoms. The molecule has 20 heavy (non-hydrogen) atoms. The molecule has 0 saturated carbocycles. The average Bonchev–Trinajstić information content (AvgIpc) is 2.82. The van der Waals surface area contributed by atoms with E-state index in [1.54, 1.807) is 12.1 Å². The third-order valence-electron chi connectivity index (χ3n) is 2.62. The van der Waals surface area contributed by atoms with Crippen molar-refractivity contribution >= 4 is 27.5 Å². The molecule has 7 heteroatoms. The van der Waals surface area contributed by atoms with E-state index >= 15 is 0 Å². The number of furan rings is 1. The predicted octanol–water partition coefficient (Wildman–Crippen LogP) is 3.19. The Kier molecular flexibility index (Phi) is 4.19. The van der Waals surface area contributed by atoms with Gasteiger partial charge in [-0.2, -0.15) is 0 Å². The summed E-state index contributed by atoms with van der Waals surface area (Å²) in [4.78, 5) is 22.2. The van der Waals surface area contributed by atoms with E-state index in [9.17, 15) is 14.9 Å². The number of amides is 1. The minimum Gasteiger partial charge on any atom is -0.465 e. The minimum absolute atomic E-state index is 0.147. The van der Waals surface area contributed by atoms with Gasteiger partial charge in [0.25, 0.3) is 11.6 Å². The minimum atomic E-state index is -0.545. The van der Waals surface area contributed by atoms with Gasteiger partial charge in [-0.3, -0.25) is 14.9 Å². The fourth-order valence-electron chi connectivity index (χ4n) is 1.64. The smallest absolute Gasteiger partial charge is 0.284 e. The molecule has 1 amide bonds. The molecule has 0 aliphatic carbocycles. The molecule has 0 unspecified atom stereocenters. The van der Waals surface area contributed by atoms with Crippen molar-refractivity contribution < 1.29 is 14.1 Å². The Labute approximate surface area is 123 Å². The molecule has 2 rings (SSSR count).